The summed E-state index contributed by atoms with van der Waals surface area (Å²) in [4.78, 5) is 14.1. The third-order valence-electron chi connectivity index (χ3n) is 4.18. The highest BCUT2D eigenvalue weighted by molar-refractivity contribution is 5.78. The van der Waals surface area contributed by atoms with Crippen molar-refractivity contribution < 1.29 is 9.18 Å². The summed E-state index contributed by atoms with van der Waals surface area (Å²) in [5.74, 6) is -0.0977. The van der Waals surface area contributed by atoms with Gasteiger partial charge in [0.05, 0.1) is 6.04 Å². The Balaban J connectivity index is 2.02. The van der Waals surface area contributed by atoms with Crippen LogP contribution in [-0.2, 0) is 4.79 Å². The minimum Gasteiger partial charge on any atom is -0.331 e. The quantitative estimate of drug-likeness (QED) is 0.889. The van der Waals surface area contributed by atoms with Gasteiger partial charge in [0.1, 0.15) is 5.82 Å². The summed E-state index contributed by atoms with van der Waals surface area (Å²) >= 11 is 0. The molecule has 1 aromatic carbocycles. The van der Waals surface area contributed by atoms with E-state index in [4.69, 9.17) is 5.73 Å². The van der Waals surface area contributed by atoms with Gasteiger partial charge in [-0.3, -0.25) is 4.79 Å². The molecule has 1 amide bonds. The topological polar surface area (TPSA) is 46.3 Å². The molecule has 1 saturated heterocycles. The zero-order chi connectivity index (χ0) is 13.6. The minimum absolute atomic E-state index is 0.0983. The molecule has 1 aliphatic carbocycles. The fourth-order valence-electron chi connectivity index (χ4n) is 3.03. The summed E-state index contributed by atoms with van der Waals surface area (Å²) in [6.45, 7) is 1.95. The van der Waals surface area contributed by atoms with Gasteiger partial charge in [-0.15, -0.1) is 0 Å². The lowest BCUT2D eigenvalue weighted by Crippen LogP contribution is -2.50. The van der Waals surface area contributed by atoms with Crippen molar-refractivity contribution in [2.75, 3.05) is 0 Å². The van der Waals surface area contributed by atoms with Crippen LogP contribution >= 0.6 is 0 Å². The lowest BCUT2D eigenvalue weighted by atomic mass is 9.88. The summed E-state index contributed by atoms with van der Waals surface area (Å²) in [6.07, 6.45) is 3.29. The van der Waals surface area contributed by atoms with Gasteiger partial charge in [0.2, 0.25) is 5.91 Å². The molecule has 0 bridgehead atoms. The van der Waals surface area contributed by atoms with Crippen LogP contribution in [0.1, 0.15) is 42.9 Å². The van der Waals surface area contributed by atoms with Crippen LogP contribution in [-0.4, -0.2) is 22.9 Å². The second-order valence-electron chi connectivity index (χ2n) is 5.68. The number of likely N-dealkylation sites (tertiary alicyclic amines) is 1. The molecular formula is C15H19FN2O. The Labute approximate surface area is 112 Å². The molecule has 2 aliphatic rings. The first kappa shape index (κ1) is 12.6. The standard InChI is InChI=1S/C15H19FN2O/c1-9-2-3-10(16)8-12(9)15-13(17)6-7-14(19)18(15)11-4-5-11/h2-3,8,11,13,15H,4-7,17H2,1H3. The smallest absolute Gasteiger partial charge is 0.223 e. The molecule has 3 rings (SSSR count). The first-order valence-electron chi connectivity index (χ1n) is 6.90. The van der Waals surface area contributed by atoms with Gasteiger partial charge in [0.15, 0.2) is 0 Å². The van der Waals surface area contributed by atoms with Gasteiger partial charge in [-0.25, -0.2) is 4.39 Å². The highest BCUT2D eigenvalue weighted by Gasteiger charge is 2.43. The molecule has 1 aromatic rings. The predicted octanol–water partition coefficient (Wildman–Crippen LogP) is 2.29. The van der Waals surface area contributed by atoms with Gasteiger partial charge in [0, 0.05) is 18.5 Å². The van der Waals surface area contributed by atoms with E-state index in [9.17, 15) is 9.18 Å². The molecule has 2 fully saturated rings. The van der Waals surface area contributed by atoms with Crippen molar-refractivity contribution in [2.45, 2.75) is 50.7 Å². The van der Waals surface area contributed by atoms with Crippen molar-refractivity contribution in [3.8, 4) is 0 Å². The molecular weight excluding hydrogens is 243 g/mol. The summed E-state index contributed by atoms with van der Waals surface area (Å²) < 4.78 is 13.5. The van der Waals surface area contributed by atoms with Crippen molar-refractivity contribution in [1.29, 1.82) is 0 Å². The Kier molecular flexibility index (Phi) is 3.05. The summed E-state index contributed by atoms with van der Waals surface area (Å²) in [5, 5.41) is 0. The molecule has 19 heavy (non-hydrogen) atoms. The average molecular weight is 262 g/mol. The average Bonchev–Trinajstić information content (AvgIpc) is 3.19. The molecule has 3 nitrogen and oxygen atoms in total. The van der Waals surface area contributed by atoms with Crippen LogP contribution in [0.4, 0.5) is 4.39 Å². The maximum atomic E-state index is 13.5. The minimum atomic E-state index is -0.262. The molecule has 0 spiro atoms. The first-order valence-corrected chi connectivity index (χ1v) is 6.90. The molecule has 2 atom stereocenters. The Bertz CT molecular complexity index is 513. The number of carbonyl (C=O) groups is 1. The molecule has 2 N–H and O–H groups in total. The molecule has 2 unspecified atom stereocenters. The zero-order valence-corrected chi connectivity index (χ0v) is 11.1. The van der Waals surface area contributed by atoms with Crippen molar-refractivity contribution in [2.24, 2.45) is 5.73 Å². The monoisotopic (exact) mass is 262 g/mol. The maximum Gasteiger partial charge on any atom is 0.223 e. The molecule has 102 valence electrons. The summed E-state index contributed by atoms with van der Waals surface area (Å²) in [5.41, 5.74) is 8.10. The van der Waals surface area contributed by atoms with Gasteiger partial charge < -0.3 is 10.6 Å². The van der Waals surface area contributed by atoms with E-state index in [0.717, 1.165) is 24.0 Å². The Hall–Kier alpha value is -1.42. The van der Waals surface area contributed by atoms with Gasteiger partial charge >= 0.3 is 0 Å². The Morgan fingerprint density at radius 2 is 2.05 bits per heavy atom. The Morgan fingerprint density at radius 1 is 1.32 bits per heavy atom. The van der Waals surface area contributed by atoms with Crippen LogP contribution in [0.25, 0.3) is 0 Å². The van der Waals surface area contributed by atoms with Crippen LogP contribution in [0.3, 0.4) is 0 Å². The van der Waals surface area contributed by atoms with Crippen LogP contribution < -0.4 is 5.73 Å². The van der Waals surface area contributed by atoms with Crippen molar-refractivity contribution in [3.05, 3.63) is 35.1 Å². The van der Waals surface area contributed by atoms with E-state index >= 15 is 0 Å². The number of nitrogens with zero attached hydrogens (tertiary/aromatic N) is 1. The van der Waals surface area contributed by atoms with E-state index < -0.39 is 0 Å². The summed E-state index contributed by atoms with van der Waals surface area (Å²) in [7, 11) is 0. The lowest BCUT2D eigenvalue weighted by molar-refractivity contribution is -0.138. The second kappa shape index (κ2) is 4.60. The third-order valence-corrected chi connectivity index (χ3v) is 4.18. The van der Waals surface area contributed by atoms with Crippen LogP contribution in [0.5, 0.6) is 0 Å². The van der Waals surface area contributed by atoms with E-state index in [2.05, 4.69) is 0 Å². The zero-order valence-electron chi connectivity index (χ0n) is 11.1. The van der Waals surface area contributed by atoms with E-state index in [1.165, 1.54) is 12.1 Å². The van der Waals surface area contributed by atoms with Crippen molar-refractivity contribution in [3.63, 3.8) is 0 Å². The highest BCUT2D eigenvalue weighted by atomic mass is 19.1. The number of halogens is 1. The molecule has 1 saturated carbocycles. The normalized spacial score (nSPS) is 27.7. The fraction of sp³-hybridized carbons (Fsp3) is 0.533. The number of nitrogens with two attached hydrogens (primary N) is 1. The number of carbonyl (C=O) groups excluding carboxylic acids is 1. The Morgan fingerprint density at radius 3 is 2.74 bits per heavy atom. The summed E-state index contributed by atoms with van der Waals surface area (Å²) in [6, 6.07) is 4.81. The van der Waals surface area contributed by atoms with Crippen LogP contribution in [0.2, 0.25) is 0 Å². The number of piperidine rings is 1. The molecule has 1 aliphatic heterocycles. The number of rotatable bonds is 2. The highest BCUT2D eigenvalue weighted by Crippen LogP contribution is 2.40. The number of hydrogen-bond acceptors (Lipinski definition) is 2. The maximum absolute atomic E-state index is 13.5. The fourth-order valence-corrected chi connectivity index (χ4v) is 3.03. The van der Waals surface area contributed by atoms with Crippen LogP contribution in [0, 0.1) is 12.7 Å². The van der Waals surface area contributed by atoms with E-state index in [-0.39, 0.29) is 23.8 Å². The van der Waals surface area contributed by atoms with Crippen molar-refractivity contribution >= 4 is 5.91 Å². The second-order valence-corrected chi connectivity index (χ2v) is 5.68. The number of aryl methyl sites for hydroxylation is 1. The molecule has 0 aromatic heterocycles. The van der Waals surface area contributed by atoms with Crippen LogP contribution in [0.15, 0.2) is 18.2 Å². The number of benzene rings is 1. The van der Waals surface area contributed by atoms with Crippen molar-refractivity contribution in [1.82, 2.24) is 4.90 Å². The van der Waals surface area contributed by atoms with Gasteiger partial charge in [-0.1, -0.05) is 6.07 Å². The van der Waals surface area contributed by atoms with E-state index in [1.807, 2.05) is 11.8 Å². The predicted molar refractivity (Wildman–Crippen MR) is 71.0 cm³/mol. The van der Waals surface area contributed by atoms with Gasteiger partial charge in [-0.05, 0) is 49.4 Å². The molecule has 0 radical (unpaired) electrons. The molecule has 1 heterocycles. The number of amides is 1. The lowest BCUT2D eigenvalue weighted by Gasteiger charge is -2.41. The largest absolute Gasteiger partial charge is 0.331 e. The van der Waals surface area contributed by atoms with E-state index in [0.29, 0.717) is 18.9 Å². The number of hydrogen-bond donors (Lipinski definition) is 1. The van der Waals surface area contributed by atoms with Gasteiger partial charge in [-0.2, -0.15) is 0 Å². The third kappa shape index (κ3) is 2.25. The van der Waals surface area contributed by atoms with Gasteiger partial charge in [0.25, 0.3) is 0 Å². The first-order chi connectivity index (χ1) is 9.08. The SMILES string of the molecule is Cc1ccc(F)cc1C1C(N)CCC(=O)N1C1CC1. The van der Waals surface area contributed by atoms with E-state index in [1.54, 1.807) is 6.07 Å². The molecule has 4 heteroatoms.